The van der Waals surface area contributed by atoms with E-state index in [1.807, 2.05) is 24.3 Å². The number of benzene rings is 9. The number of aliphatic imine (C=N–C) groups is 1. The molecule has 0 saturated heterocycles. The summed E-state index contributed by atoms with van der Waals surface area (Å²) in [4.78, 5) is 15.6. The summed E-state index contributed by atoms with van der Waals surface area (Å²) in [6.07, 6.45) is 0.729. The summed E-state index contributed by atoms with van der Waals surface area (Å²) in [7, 11) is 0. The van der Waals surface area contributed by atoms with Crippen molar-refractivity contribution >= 4 is 32.9 Å². The predicted molar refractivity (Wildman–Crippen MR) is 246 cm³/mol. The van der Waals surface area contributed by atoms with Crippen LogP contribution in [-0.4, -0.2) is 15.7 Å². The highest BCUT2D eigenvalue weighted by Crippen LogP contribution is 2.45. The highest BCUT2D eigenvalue weighted by molar-refractivity contribution is 6.20. The third-order valence-electron chi connectivity index (χ3n) is 11.6. The summed E-state index contributed by atoms with van der Waals surface area (Å²) in [5.41, 5.74) is 16.5. The molecule has 0 bridgehead atoms. The van der Waals surface area contributed by atoms with Crippen molar-refractivity contribution in [1.29, 1.82) is 0 Å². The Labute approximate surface area is 343 Å². The zero-order chi connectivity index (χ0) is 39.1. The topological polar surface area (TPSA) is 38.1 Å². The van der Waals surface area contributed by atoms with Crippen molar-refractivity contribution in [1.82, 2.24) is 9.97 Å². The van der Waals surface area contributed by atoms with Crippen LogP contribution < -0.4 is 0 Å². The van der Waals surface area contributed by atoms with Crippen LogP contribution in [-0.2, 0) is 6.42 Å². The van der Waals surface area contributed by atoms with Gasteiger partial charge in [0, 0.05) is 28.7 Å². The van der Waals surface area contributed by atoms with E-state index in [0.29, 0.717) is 5.82 Å². The molecule has 0 aliphatic carbocycles. The van der Waals surface area contributed by atoms with E-state index in [-0.39, 0.29) is 0 Å². The van der Waals surface area contributed by atoms with E-state index in [0.717, 1.165) is 62.6 Å². The molecule has 2 heterocycles. The van der Waals surface area contributed by atoms with E-state index in [4.69, 9.17) is 15.0 Å². The first-order valence-corrected chi connectivity index (χ1v) is 20.1. The standard InChI is InChI=1S/C56H37N3/c1-3-14-37(15-4-1)38-26-30-40(31-27-38)53-36-54(59-56(58-53)42-16-5-2-6-17-42)41-32-28-39(29-33-41)43-18-13-19-44(34-43)52-35-50-47-22-8-7-20-45(47)46-21-9-10-23-48(46)55(50)49-24-11-12-25-51(49)57-52/h1-34,36H,35H2. The molecule has 10 aromatic rings. The van der Waals surface area contributed by atoms with Crippen LogP contribution in [0.15, 0.2) is 217 Å². The number of rotatable bonds is 6. The number of fused-ring (bicyclic) bond motifs is 8. The fourth-order valence-corrected chi connectivity index (χ4v) is 8.64. The first-order valence-electron chi connectivity index (χ1n) is 20.1. The molecule has 0 spiro atoms. The van der Waals surface area contributed by atoms with E-state index in [1.165, 1.54) is 49.4 Å². The van der Waals surface area contributed by atoms with Gasteiger partial charge in [-0.15, -0.1) is 0 Å². The minimum atomic E-state index is 0.704. The van der Waals surface area contributed by atoms with Crippen LogP contribution in [0.1, 0.15) is 11.1 Å². The zero-order valence-electron chi connectivity index (χ0n) is 32.3. The second-order valence-corrected chi connectivity index (χ2v) is 15.1. The maximum atomic E-state index is 5.42. The number of hydrogen-bond donors (Lipinski definition) is 0. The lowest BCUT2D eigenvalue weighted by Crippen LogP contribution is -2.06. The SMILES string of the molecule is c1ccc(-c2ccc(-c3cc(-c4ccc(-c5cccc(C6=Nc7ccccc7-c7c(c8ccccc8c8ccccc78)C6)c5)cc4)nc(-c4ccccc4)n3)cc2)cc1. The van der Waals surface area contributed by atoms with Crippen LogP contribution in [0.5, 0.6) is 0 Å². The van der Waals surface area contributed by atoms with Crippen molar-refractivity contribution in [3.8, 4) is 67.3 Å². The molecule has 1 aliphatic heterocycles. The number of aromatic nitrogens is 2. The third-order valence-corrected chi connectivity index (χ3v) is 11.6. The Kier molecular flexibility index (Phi) is 8.56. The summed E-state index contributed by atoms with van der Waals surface area (Å²) in [5, 5.41) is 5.11. The average Bonchev–Trinajstić information content (AvgIpc) is 3.50. The van der Waals surface area contributed by atoms with Gasteiger partial charge in [-0.3, -0.25) is 4.99 Å². The van der Waals surface area contributed by atoms with E-state index >= 15 is 0 Å². The minimum absolute atomic E-state index is 0.704. The number of hydrogen-bond acceptors (Lipinski definition) is 3. The van der Waals surface area contributed by atoms with Crippen molar-refractivity contribution in [3.63, 3.8) is 0 Å². The zero-order valence-corrected chi connectivity index (χ0v) is 32.3. The van der Waals surface area contributed by atoms with Gasteiger partial charge in [0.15, 0.2) is 5.82 Å². The van der Waals surface area contributed by atoms with Gasteiger partial charge in [0.25, 0.3) is 0 Å². The van der Waals surface area contributed by atoms with E-state index in [2.05, 4.69) is 188 Å². The van der Waals surface area contributed by atoms with Crippen LogP contribution in [0.3, 0.4) is 0 Å². The molecule has 276 valence electrons. The number of nitrogens with zero attached hydrogens (tertiary/aromatic N) is 3. The van der Waals surface area contributed by atoms with Crippen LogP contribution in [0.25, 0.3) is 88.8 Å². The highest BCUT2D eigenvalue weighted by atomic mass is 14.9. The fraction of sp³-hybridized carbons (Fsp3) is 0.0179. The number of para-hydroxylation sites is 1. The smallest absolute Gasteiger partial charge is 0.160 e. The summed E-state index contributed by atoms with van der Waals surface area (Å²) >= 11 is 0. The predicted octanol–water partition coefficient (Wildman–Crippen LogP) is 14.5. The Bertz CT molecular complexity index is 3200. The van der Waals surface area contributed by atoms with Gasteiger partial charge in [0.1, 0.15) is 0 Å². The lowest BCUT2D eigenvalue weighted by Gasteiger charge is -2.17. The second kappa shape index (κ2) is 14.6. The Balaban J connectivity index is 0.958. The van der Waals surface area contributed by atoms with Gasteiger partial charge in [-0.05, 0) is 78.7 Å². The van der Waals surface area contributed by atoms with Crippen molar-refractivity contribution in [2.24, 2.45) is 4.99 Å². The Morgan fingerprint density at radius 3 is 1.47 bits per heavy atom. The van der Waals surface area contributed by atoms with Crippen molar-refractivity contribution < 1.29 is 0 Å². The minimum Gasteiger partial charge on any atom is -0.252 e. The normalized spacial score (nSPS) is 12.1. The van der Waals surface area contributed by atoms with E-state index in [9.17, 15) is 0 Å². The van der Waals surface area contributed by atoms with Crippen LogP contribution >= 0.6 is 0 Å². The molecule has 0 unspecified atom stereocenters. The summed E-state index contributed by atoms with van der Waals surface area (Å²) in [6.45, 7) is 0. The molecule has 11 rings (SSSR count). The molecule has 3 nitrogen and oxygen atoms in total. The Morgan fingerprint density at radius 1 is 0.322 bits per heavy atom. The highest BCUT2D eigenvalue weighted by Gasteiger charge is 2.23. The molecule has 3 heteroatoms. The molecular weight excluding hydrogens is 715 g/mol. The quantitative estimate of drug-likeness (QED) is 0.159. The summed E-state index contributed by atoms with van der Waals surface area (Å²) < 4.78 is 0. The molecular formula is C56H37N3. The van der Waals surface area contributed by atoms with Crippen molar-refractivity contribution in [2.75, 3.05) is 0 Å². The molecule has 1 aliphatic rings. The monoisotopic (exact) mass is 751 g/mol. The molecule has 9 aromatic carbocycles. The van der Waals surface area contributed by atoms with Gasteiger partial charge >= 0.3 is 0 Å². The van der Waals surface area contributed by atoms with Gasteiger partial charge in [-0.2, -0.15) is 0 Å². The molecule has 0 fully saturated rings. The maximum Gasteiger partial charge on any atom is 0.160 e. The van der Waals surface area contributed by atoms with Gasteiger partial charge in [-0.1, -0.05) is 194 Å². The molecule has 0 atom stereocenters. The third kappa shape index (κ3) is 6.40. The van der Waals surface area contributed by atoms with E-state index < -0.39 is 0 Å². The van der Waals surface area contributed by atoms with Crippen LogP contribution in [0.2, 0.25) is 0 Å². The largest absolute Gasteiger partial charge is 0.252 e. The van der Waals surface area contributed by atoms with Gasteiger partial charge < -0.3 is 0 Å². The van der Waals surface area contributed by atoms with Gasteiger partial charge in [0.2, 0.25) is 0 Å². The van der Waals surface area contributed by atoms with Gasteiger partial charge in [-0.25, -0.2) is 9.97 Å². The fourth-order valence-electron chi connectivity index (χ4n) is 8.64. The van der Waals surface area contributed by atoms with Crippen LogP contribution in [0.4, 0.5) is 5.69 Å². The maximum absolute atomic E-state index is 5.42. The molecule has 0 amide bonds. The van der Waals surface area contributed by atoms with Gasteiger partial charge in [0.05, 0.1) is 22.8 Å². The molecule has 0 N–H and O–H groups in total. The lowest BCUT2D eigenvalue weighted by atomic mass is 9.85. The Morgan fingerprint density at radius 2 is 0.797 bits per heavy atom. The molecule has 0 saturated carbocycles. The van der Waals surface area contributed by atoms with Crippen LogP contribution in [0, 0.1) is 0 Å². The molecule has 0 radical (unpaired) electrons. The average molecular weight is 752 g/mol. The van der Waals surface area contributed by atoms with Crippen molar-refractivity contribution in [3.05, 3.63) is 223 Å². The van der Waals surface area contributed by atoms with E-state index in [1.54, 1.807) is 0 Å². The summed E-state index contributed by atoms with van der Waals surface area (Å²) in [6, 6.07) is 75.3. The lowest BCUT2D eigenvalue weighted by molar-refractivity contribution is 1.18. The molecule has 59 heavy (non-hydrogen) atoms. The second-order valence-electron chi connectivity index (χ2n) is 15.1. The Hall–Kier alpha value is -7.75. The first-order chi connectivity index (χ1) is 29.2. The van der Waals surface area contributed by atoms with Crippen molar-refractivity contribution in [2.45, 2.75) is 6.42 Å². The molecule has 1 aromatic heterocycles. The first kappa shape index (κ1) is 34.5. The summed E-state index contributed by atoms with van der Waals surface area (Å²) in [5.74, 6) is 0.704.